The summed E-state index contributed by atoms with van der Waals surface area (Å²) in [7, 11) is 0. The molecule has 0 amide bonds. The van der Waals surface area contributed by atoms with Crippen LogP contribution in [0, 0.1) is 10.1 Å². The molecular weight excluding hydrogens is 320 g/mol. The van der Waals surface area contributed by atoms with Crippen molar-refractivity contribution in [3.05, 3.63) is 68.7 Å². The molecule has 3 N–H and O–H groups in total. The molecule has 0 saturated heterocycles. The Hall–Kier alpha value is -2.15. The van der Waals surface area contributed by atoms with E-state index in [1.807, 2.05) is 0 Å². The predicted octanol–water partition coefficient (Wildman–Crippen LogP) is 3.06. The number of hydrogen-bond donors (Lipinski definition) is 3. The van der Waals surface area contributed by atoms with Gasteiger partial charge in [-0.25, -0.2) is 0 Å². The fourth-order valence-corrected chi connectivity index (χ4v) is 2.58. The fourth-order valence-electron chi connectivity index (χ4n) is 2.24. The van der Waals surface area contributed by atoms with Crippen LogP contribution in [0.25, 0.3) is 0 Å². The summed E-state index contributed by atoms with van der Waals surface area (Å²) >= 11 is 6.09. The van der Waals surface area contributed by atoms with E-state index >= 15 is 0 Å². The van der Waals surface area contributed by atoms with Gasteiger partial charge in [0.2, 0.25) is 0 Å². The Balaban J connectivity index is 2.26. The van der Waals surface area contributed by atoms with E-state index in [1.165, 1.54) is 18.2 Å². The molecule has 0 aliphatic carbocycles. The second kappa shape index (κ2) is 6.95. The fraction of sp³-hybridized carbons (Fsp3) is 0.250. The molecule has 0 saturated carbocycles. The third kappa shape index (κ3) is 3.98. The van der Waals surface area contributed by atoms with Crippen molar-refractivity contribution in [1.82, 2.24) is 0 Å². The topological polar surface area (TPSA) is 95.6 Å². The summed E-state index contributed by atoms with van der Waals surface area (Å²) in [5.74, 6) is 0. The smallest absolute Gasteiger partial charge is 0.292 e. The highest BCUT2D eigenvalue weighted by Gasteiger charge is 2.26. The van der Waals surface area contributed by atoms with Crippen LogP contribution in [-0.4, -0.2) is 21.7 Å². The van der Waals surface area contributed by atoms with E-state index in [2.05, 4.69) is 5.32 Å². The standard InChI is InChI=1S/C16H17ClN2O4/c1-16(21,12-4-2-3-5-13(12)17)10-18-14-8-11(9-20)6-7-15(14)19(22)23/h2-8,18,20-21H,9-10H2,1H3. The molecule has 1 unspecified atom stereocenters. The predicted molar refractivity (Wildman–Crippen MR) is 88.5 cm³/mol. The van der Waals surface area contributed by atoms with Gasteiger partial charge in [0.1, 0.15) is 11.3 Å². The molecule has 0 heterocycles. The van der Waals surface area contributed by atoms with E-state index in [1.54, 1.807) is 31.2 Å². The zero-order valence-corrected chi connectivity index (χ0v) is 13.2. The van der Waals surface area contributed by atoms with Crippen molar-refractivity contribution in [2.75, 3.05) is 11.9 Å². The number of aliphatic hydroxyl groups is 2. The van der Waals surface area contributed by atoms with Crippen molar-refractivity contribution in [3.8, 4) is 0 Å². The molecule has 0 bridgehead atoms. The number of nitrogens with one attached hydrogen (secondary N) is 1. The van der Waals surface area contributed by atoms with E-state index in [4.69, 9.17) is 16.7 Å². The van der Waals surface area contributed by atoms with Gasteiger partial charge in [-0.1, -0.05) is 29.8 Å². The zero-order valence-electron chi connectivity index (χ0n) is 12.5. The first-order chi connectivity index (χ1) is 10.8. The zero-order chi connectivity index (χ0) is 17.0. The molecule has 0 aromatic heterocycles. The van der Waals surface area contributed by atoms with Crippen LogP contribution in [0.3, 0.4) is 0 Å². The van der Waals surface area contributed by atoms with Crippen molar-refractivity contribution in [2.24, 2.45) is 0 Å². The molecule has 122 valence electrons. The highest BCUT2D eigenvalue weighted by molar-refractivity contribution is 6.31. The van der Waals surface area contributed by atoms with Crippen molar-refractivity contribution in [3.63, 3.8) is 0 Å². The molecule has 0 aliphatic heterocycles. The largest absolute Gasteiger partial charge is 0.392 e. The number of halogens is 1. The maximum absolute atomic E-state index is 11.1. The van der Waals surface area contributed by atoms with E-state index in [0.717, 1.165) is 0 Å². The summed E-state index contributed by atoms with van der Waals surface area (Å²) in [4.78, 5) is 10.6. The SMILES string of the molecule is CC(O)(CNc1cc(CO)ccc1[N+](=O)[O-])c1ccccc1Cl. The third-order valence-corrected chi connectivity index (χ3v) is 3.85. The number of anilines is 1. The number of nitro benzene ring substituents is 1. The Morgan fingerprint density at radius 3 is 2.61 bits per heavy atom. The number of benzene rings is 2. The molecule has 1 atom stereocenters. The van der Waals surface area contributed by atoms with Gasteiger partial charge in [0, 0.05) is 23.2 Å². The summed E-state index contributed by atoms with van der Waals surface area (Å²) in [5, 5.41) is 34.2. The summed E-state index contributed by atoms with van der Waals surface area (Å²) < 4.78 is 0. The van der Waals surface area contributed by atoms with Gasteiger partial charge in [-0.15, -0.1) is 0 Å². The second-order valence-electron chi connectivity index (χ2n) is 5.37. The third-order valence-electron chi connectivity index (χ3n) is 3.52. The lowest BCUT2D eigenvalue weighted by Crippen LogP contribution is -2.31. The van der Waals surface area contributed by atoms with Crippen molar-refractivity contribution >= 4 is 23.0 Å². The molecular formula is C16H17ClN2O4. The second-order valence-corrected chi connectivity index (χ2v) is 5.78. The van der Waals surface area contributed by atoms with Gasteiger partial charge >= 0.3 is 0 Å². The average Bonchev–Trinajstić information content (AvgIpc) is 2.52. The van der Waals surface area contributed by atoms with Crippen molar-refractivity contribution in [1.29, 1.82) is 0 Å². The molecule has 0 radical (unpaired) electrons. The van der Waals surface area contributed by atoms with E-state index in [9.17, 15) is 15.2 Å². The first-order valence-electron chi connectivity index (χ1n) is 6.94. The van der Waals surface area contributed by atoms with Crippen LogP contribution in [0.2, 0.25) is 5.02 Å². The van der Waals surface area contributed by atoms with Gasteiger partial charge in [0.25, 0.3) is 5.69 Å². The Labute approximate surface area is 138 Å². The number of nitrogens with zero attached hydrogens (tertiary/aromatic N) is 1. The minimum absolute atomic E-state index is 0.0203. The van der Waals surface area contributed by atoms with Gasteiger partial charge in [-0.05, 0) is 30.7 Å². The Morgan fingerprint density at radius 1 is 1.30 bits per heavy atom. The van der Waals surface area contributed by atoms with Crippen LogP contribution in [0.4, 0.5) is 11.4 Å². The van der Waals surface area contributed by atoms with E-state index in [0.29, 0.717) is 16.1 Å². The number of aliphatic hydroxyl groups excluding tert-OH is 1. The lowest BCUT2D eigenvalue weighted by atomic mass is 9.95. The maximum atomic E-state index is 11.1. The monoisotopic (exact) mass is 336 g/mol. The summed E-state index contributed by atoms with van der Waals surface area (Å²) in [6.45, 7) is 1.36. The Bertz CT molecular complexity index is 719. The van der Waals surface area contributed by atoms with Crippen LogP contribution in [-0.2, 0) is 12.2 Å². The number of nitro groups is 1. The van der Waals surface area contributed by atoms with Crippen LogP contribution < -0.4 is 5.32 Å². The highest BCUT2D eigenvalue weighted by atomic mass is 35.5. The number of hydrogen-bond acceptors (Lipinski definition) is 5. The van der Waals surface area contributed by atoms with Gasteiger partial charge in [-0.3, -0.25) is 10.1 Å². The highest BCUT2D eigenvalue weighted by Crippen LogP contribution is 2.30. The van der Waals surface area contributed by atoms with Gasteiger partial charge < -0.3 is 15.5 Å². The van der Waals surface area contributed by atoms with E-state index < -0.39 is 10.5 Å². The van der Waals surface area contributed by atoms with Crippen molar-refractivity contribution in [2.45, 2.75) is 19.1 Å². The molecule has 2 aromatic rings. The quantitative estimate of drug-likeness (QED) is 0.556. The van der Waals surface area contributed by atoms with Crippen LogP contribution in [0.1, 0.15) is 18.1 Å². The normalized spacial score (nSPS) is 13.4. The molecule has 0 fully saturated rings. The van der Waals surface area contributed by atoms with Gasteiger partial charge in [0.05, 0.1) is 11.5 Å². The summed E-state index contributed by atoms with van der Waals surface area (Å²) in [5.41, 5.74) is -0.154. The van der Waals surface area contributed by atoms with Crippen LogP contribution in [0.5, 0.6) is 0 Å². The molecule has 6 nitrogen and oxygen atoms in total. The molecule has 7 heteroatoms. The summed E-state index contributed by atoms with van der Waals surface area (Å²) in [6.07, 6.45) is 0. The molecule has 2 aromatic carbocycles. The first-order valence-corrected chi connectivity index (χ1v) is 7.32. The maximum Gasteiger partial charge on any atom is 0.292 e. The molecule has 23 heavy (non-hydrogen) atoms. The molecule has 0 aliphatic rings. The molecule has 2 rings (SSSR count). The van der Waals surface area contributed by atoms with Gasteiger partial charge in [0.15, 0.2) is 0 Å². The van der Waals surface area contributed by atoms with E-state index in [-0.39, 0.29) is 24.5 Å². The van der Waals surface area contributed by atoms with Crippen LogP contribution in [0.15, 0.2) is 42.5 Å². The summed E-state index contributed by atoms with van der Waals surface area (Å²) in [6, 6.07) is 11.2. The number of rotatable bonds is 6. The average molecular weight is 337 g/mol. The Morgan fingerprint density at radius 2 is 2.00 bits per heavy atom. The first kappa shape index (κ1) is 17.2. The molecule has 0 spiro atoms. The van der Waals surface area contributed by atoms with Crippen LogP contribution >= 0.6 is 11.6 Å². The van der Waals surface area contributed by atoms with Crippen molar-refractivity contribution < 1.29 is 15.1 Å². The minimum Gasteiger partial charge on any atom is -0.392 e. The Kier molecular flexibility index (Phi) is 5.20. The lowest BCUT2D eigenvalue weighted by molar-refractivity contribution is -0.384. The minimum atomic E-state index is -1.32. The van der Waals surface area contributed by atoms with Gasteiger partial charge in [-0.2, -0.15) is 0 Å². The lowest BCUT2D eigenvalue weighted by Gasteiger charge is -2.25.